The Morgan fingerprint density at radius 1 is 1.50 bits per heavy atom. The van der Waals surface area contributed by atoms with Crippen LogP contribution in [-0.4, -0.2) is 23.6 Å². The maximum absolute atomic E-state index is 9.34. The maximum atomic E-state index is 9.34. The number of hydrogen-bond donors (Lipinski definition) is 1. The molecule has 0 aliphatic rings. The van der Waals surface area contributed by atoms with Gasteiger partial charge in [-0.25, -0.2) is 0 Å². The molecule has 1 N–H and O–H groups in total. The van der Waals surface area contributed by atoms with Crippen molar-refractivity contribution >= 4 is 20.2 Å². The number of rotatable bonds is 3. The molecule has 0 spiro atoms. The summed E-state index contributed by atoms with van der Waals surface area (Å²) in [5.41, 5.74) is 0. The summed E-state index contributed by atoms with van der Waals surface area (Å²) in [6, 6.07) is 0. The molecular weight excluding hydrogens is 207 g/mol. The fourth-order valence-electron chi connectivity index (χ4n) is 0.629. The molecule has 0 aromatic heterocycles. The minimum atomic E-state index is -1.89. The predicted molar refractivity (Wildman–Crippen MR) is 39.6 cm³/mol. The molecule has 0 saturated carbocycles. The molecule has 0 aliphatic heterocycles. The molecular formula is C6H16OSn. The molecule has 0 aromatic rings. The van der Waals surface area contributed by atoms with Crippen molar-refractivity contribution in [1.82, 2.24) is 0 Å². The summed E-state index contributed by atoms with van der Waals surface area (Å²) in [4.78, 5) is 0. The first-order valence-corrected chi connectivity index (χ1v) is 9.07. The number of hydrogen-bond acceptors (Lipinski definition) is 1. The molecule has 0 fully saturated rings. The molecule has 0 rings (SSSR count). The van der Waals surface area contributed by atoms with Crippen LogP contribution in [0.3, 0.4) is 0 Å². The standard InChI is InChI=1S/2C3H7.H2O.Sn.H/c2*1-3-2;;;/h3H,1-2H3;1,3H2,2H3;1H2;;/q;;;+1;/p-1. The molecule has 0 saturated heterocycles. The quantitative estimate of drug-likeness (QED) is 0.719. The van der Waals surface area contributed by atoms with Crippen molar-refractivity contribution in [3.05, 3.63) is 0 Å². The van der Waals surface area contributed by atoms with Gasteiger partial charge in [0.2, 0.25) is 0 Å². The van der Waals surface area contributed by atoms with E-state index in [1.54, 1.807) is 0 Å². The van der Waals surface area contributed by atoms with Gasteiger partial charge in [0, 0.05) is 0 Å². The van der Waals surface area contributed by atoms with Crippen LogP contribution in [-0.2, 0) is 0 Å². The van der Waals surface area contributed by atoms with Gasteiger partial charge < -0.3 is 0 Å². The fourth-order valence-corrected chi connectivity index (χ4v) is 4.22. The summed E-state index contributed by atoms with van der Waals surface area (Å²) in [5, 5.41) is 0. The van der Waals surface area contributed by atoms with E-state index < -0.39 is 20.2 Å². The van der Waals surface area contributed by atoms with E-state index in [-0.39, 0.29) is 0 Å². The van der Waals surface area contributed by atoms with E-state index in [1.807, 2.05) is 0 Å². The summed E-state index contributed by atoms with van der Waals surface area (Å²) in [6.07, 6.45) is 1.18. The zero-order valence-corrected chi connectivity index (χ0v) is 9.31. The Kier molecular flexibility index (Phi) is 5.06. The van der Waals surface area contributed by atoms with Crippen LogP contribution in [0.25, 0.3) is 0 Å². The SMILES string of the molecule is CC[CH2][SnH]([OH])[CH](C)C. The molecule has 1 nitrogen and oxygen atoms in total. The molecule has 50 valence electrons. The van der Waals surface area contributed by atoms with Crippen LogP contribution in [0.2, 0.25) is 8.37 Å². The van der Waals surface area contributed by atoms with Gasteiger partial charge in [-0.1, -0.05) is 0 Å². The van der Waals surface area contributed by atoms with Crippen LogP contribution in [0.5, 0.6) is 0 Å². The van der Waals surface area contributed by atoms with Gasteiger partial charge in [0.05, 0.1) is 0 Å². The summed E-state index contributed by atoms with van der Waals surface area (Å²) in [6.45, 7) is 6.41. The van der Waals surface area contributed by atoms with Crippen molar-refractivity contribution in [3.8, 4) is 0 Å². The van der Waals surface area contributed by atoms with Gasteiger partial charge in [0.25, 0.3) is 0 Å². The average Bonchev–Trinajstić information content (AvgIpc) is 1.67. The molecule has 0 bridgehead atoms. The summed E-state index contributed by atoms with van der Waals surface area (Å²) < 4.78 is 11.1. The molecule has 0 radical (unpaired) electrons. The van der Waals surface area contributed by atoms with E-state index in [4.69, 9.17) is 0 Å². The molecule has 0 heterocycles. The van der Waals surface area contributed by atoms with E-state index in [0.29, 0.717) is 3.93 Å². The van der Waals surface area contributed by atoms with Gasteiger partial charge in [0.15, 0.2) is 0 Å². The third-order valence-corrected chi connectivity index (χ3v) is 9.08. The second-order valence-electron chi connectivity index (χ2n) is 2.60. The first-order valence-electron chi connectivity index (χ1n) is 3.36. The van der Waals surface area contributed by atoms with Crippen LogP contribution >= 0.6 is 0 Å². The third kappa shape index (κ3) is 3.72. The van der Waals surface area contributed by atoms with Crippen LogP contribution < -0.4 is 0 Å². The van der Waals surface area contributed by atoms with Crippen molar-refractivity contribution < 1.29 is 3.44 Å². The van der Waals surface area contributed by atoms with Crippen molar-refractivity contribution in [1.29, 1.82) is 0 Å². The van der Waals surface area contributed by atoms with Crippen molar-refractivity contribution in [2.24, 2.45) is 0 Å². The molecule has 2 heteroatoms. The molecule has 1 atom stereocenters. The zero-order valence-electron chi connectivity index (χ0n) is 6.02. The molecule has 0 amide bonds. The topological polar surface area (TPSA) is 20.2 Å². The molecule has 8 heavy (non-hydrogen) atoms. The van der Waals surface area contributed by atoms with E-state index in [1.165, 1.54) is 6.42 Å². The van der Waals surface area contributed by atoms with Crippen LogP contribution in [0, 0.1) is 0 Å². The Labute approximate surface area is 59.4 Å². The Morgan fingerprint density at radius 2 is 2.00 bits per heavy atom. The monoisotopic (exact) mass is 224 g/mol. The molecule has 0 aromatic carbocycles. The Hall–Kier alpha value is 0.759. The Balaban J connectivity index is 3.17. The Morgan fingerprint density at radius 3 is 2.12 bits per heavy atom. The van der Waals surface area contributed by atoms with E-state index in [9.17, 15) is 3.44 Å². The van der Waals surface area contributed by atoms with Crippen molar-refractivity contribution in [2.45, 2.75) is 35.6 Å². The molecule has 1 unspecified atom stereocenters. The molecule has 0 aliphatic carbocycles. The van der Waals surface area contributed by atoms with Gasteiger partial charge in [-0.3, -0.25) is 0 Å². The fraction of sp³-hybridized carbons (Fsp3) is 1.00. The second-order valence-corrected chi connectivity index (χ2v) is 11.3. The van der Waals surface area contributed by atoms with Gasteiger partial charge in [-0.15, -0.1) is 0 Å². The van der Waals surface area contributed by atoms with Crippen LogP contribution in [0.4, 0.5) is 0 Å². The van der Waals surface area contributed by atoms with E-state index in [2.05, 4.69) is 20.8 Å². The average molecular weight is 223 g/mol. The van der Waals surface area contributed by atoms with Gasteiger partial charge in [-0.2, -0.15) is 0 Å². The summed E-state index contributed by atoms with van der Waals surface area (Å²) in [5.74, 6) is 0. The first kappa shape index (κ1) is 8.76. The first-order chi connectivity index (χ1) is 3.68. The predicted octanol–water partition coefficient (Wildman–Crippen LogP) is 1.52. The van der Waals surface area contributed by atoms with Crippen LogP contribution in [0.1, 0.15) is 27.2 Å². The Bertz CT molecular complexity index is 54.5. The summed E-state index contributed by atoms with van der Waals surface area (Å²) >= 11 is -1.89. The normalized spacial score (nSPS) is 14.6. The van der Waals surface area contributed by atoms with Gasteiger partial charge in [0.1, 0.15) is 0 Å². The van der Waals surface area contributed by atoms with Crippen LogP contribution in [0.15, 0.2) is 0 Å². The van der Waals surface area contributed by atoms with E-state index >= 15 is 0 Å². The zero-order chi connectivity index (χ0) is 6.57. The van der Waals surface area contributed by atoms with Gasteiger partial charge in [-0.05, 0) is 0 Å². The van der Waals surface area contributed by atoms with Crippen molar-refractivity contribution in [3.63, 3.8) is 0 Å². The van der Waals surface area contributed by atoms with E-state index in [0.717, 1.165) is 4.44 Å². The van der Waals surface area contributed by atoms with Crippen molar-refractivity contribution in [2.75, 3.05) is 0 Å². The minimum absolute atomic E-state index is 0.636. The van der Waals surface area contributed by atoms with Gasteiger partial charge >= 0.3 is 59.2 Å². The third-order valence-electron chi connectivity index (χ3n) is 1.35. The summed E-state index contributed by atoms with van der Waals surface area (Å²) in [7, 11) is 0. The second kappa shape index (κ2) is 4.62.